The topological polar surface area (TPSA) is 30.7 Å². The zero-order valence-electron chi connectivity index (χ0n) is 10.3. The van der Waals surface area contributed by atoms with Crippen molar-refractivity contribution in [1.29, 1.82) is 0 Å². The molecule has 0 saturated heterocycles. The van der Waals surface area contributed by atoms with Gasteiger partial charge in [0.05, 0.1) is 5.69 Å². The second-order valence-corrected chi connectivity index (χ2v) is 5.31. The van der Waals surface area contributed by atoms with Crippen molar-refractivity contribution in [2.75, 3.05) is 0 Å². The highest BCUT2D eigenvalue weighted by Gasteiger charge is 2.16. The lowest BCUT2D eigenvalue weighted by Gasteiger charge is -2.17. The van der Waals surface area contributed by atoms with E-state index in [0.29, 0.717) is 5.69 Å². The van der Waals surface area contributed by atoms with Gasteiger partial charge < -0.3 is 0 Å². The molecule has 4 heteroatoms. The summed E-state index contributed by atoms with van der Waals surface area (Å²) < 4.78 is 14.9. The van der Waals surface area contributed by atoms with Crippen molar-refractivity contribution in [3.8, 4) is 5.69 Å². The molecule has 0 aliphatic carbocycles. The van der Waals surface area contributed by atoms with Gasteiger partial charge in [-0.2, -0.15) is 5.10 Å². The third-order valence-electron chi connectivity index (χ3n) is 2.36. The first-order chi connectivity index (χ1) is 7.96. The molecule has 2 rings (SSSR count). The molecule has 0 aliphatic rings. The molecule has 0 atom stereocenters. The van der Waals surface area contributed by atoms with Gasteiger partial charge in [-0.15, -0.1) is 0 Å². The number of benzene rings is 1. The van der Waals surface area contributed by atoms with E-state index in [9.17, 15) is 4.39 Å². The van der Waals surface area contributed by atoms with Crippen LogP contribution in [0.2, 0.25) is 0 Å². The summed E-state index contributed by atoms with van der Waals surface area (Å²) in [5, 5.41) is 4.15. The zero-order valence-corrected chi connectivity index (χ0v) is 10.3. The minimum atomic E-state index is -0.264. The van der Waals surface area contributed by atoms with E-state index in [1.165, 1.54) is 18.5 Å². The van der Waals surface area contributed by atoms with E-state index < -0.39 is 0 Å². The molecule has 0 N–H and O–H groups in total. The fraction of sp³-hybridized carbons (Fsp3) is 0.385. The van der Waals surface area contributed by atoms with Gasteiger partial charge in [0, 0.05) is 6.42 Å². The summed E-state index contributed by atoms with van der Waals surface area (Å²) in [6.45, 7) is 6.41. The van der Waals surface area contributed by atoms with Crippen molar-refractivity contribution in [2.24, 2.45) is 5.41 Å². The number of aromatic nitrogens is 3. The van der Waals surface area contributed by atoms with E-state index >= 15 is 0 Å². The molecule has 0 radical (unpaired) electrons. The molecular formula is C13H16FN3. The molecule has 90 valence electrons. The van der Waals surface area contributed by atoms with Gasteiger partial charge in [0.2, 0.25) is 0 Å². The molecule has 0 fully saturated rings. The monoisotopic (exact) mass is 233 g/mol. The Labute approximate surface area is 100 Å². The maximum atomic E-state index is 13.2. The maximum absolute atomic E-state index is 13.2. The van der Waals surface area contributed by atoms with Crippen LogP contribution in [0.25, 0.3) is 5.69 Å². The summed E-state index contributed by atoms with van der Waals surface area (Å²) in [4.78, 5) is 4.24. The van der Waals surface area contributed by atoms with Crippen LogP contribution in [0.4, 0.5) is 4.39 Å². The van der Waals surface area contributed by atoms with Crippen LogP contribution in [0.15, 0.2) is 30.6 Å². The molecule has 2 aromatic rings. The van der Waals surface area contributed by atoms with Crippen molar-refractivity contribution < 1.29 is 4.39 Å². The first kappa shape index (κ1) is 11.8. The molecule has 1 aromatic heterocycles. The molecule has 1 heterocycles. The smallest absolute Gasteiger partial charge is 0.138 e. The van der Waals surface area contributed by atoms with Crippen molar-refractivity contribution in [3.05, 3.63) is 42.2 Å². The summed E-state index contributed by atoms with van der Waals surface area (Å²) in [5.74, 6) is 0.586. The predicted molar refractivity (Wildman–Crippen MR) is 64.5 cm³/mol. The average Bonchev–Trinajstić information content (AvgIpc) is 2.63. The van der Waals surface area contributed by atoms with Gasteiger partial charge in [-0.05, 0) is 23.6 Å². The summed E-state index contributed by atoms with van der Waals surface area (Å²) in [6, 6.07) is 6.38. The highest BCUT2D eigenvalue weighted by atomic mass is 19.1. The lowest BCUT2D eigenvalue weighted by atomic mass is 9.92. The minimum Gasteiger partial charge on any atom is -0.220 e. The van der Waals surface area contributed by atoms with Crippen LogP contribution >= 0.6 is 0 Å². The first-order valence-electron chi connectivity index (χ1n) is 5.60. The number of halogens is 1. The van der Waals surface area contributed by atoms with Gasteiger partial charge in [0.1, 0.15) is 18.0 Å². The van der Waals surface area contributed by atoms with Crippen LogP contribution in [0.3, 0.4) is 0 Å². The standard InChI is InChI=1S/C13H16FN3/c1-13(2,3)8-12-15-9-16-17(12)11-6-4-5-10(14)7-11/h4-7,9H,8H2,1-3H3. The van der Waals surface area contributed by atoms with Crippen molar-refractivity contribution >= 4 is 0 Å². The van der Waals surface area contributed by atoms with Gasteiger partial charge in [0.25, 0.3) is 0 Å². The summed E-state index contributed by atoms with van der Waals surface area (Å²) >= 11 is 0. The van der Waals surface area contributed by atoms with E-state index in [1.807, 2.05) is 6.07 Å². The third-order valence-corrected chi connectivity index (χ3v) is 2.36. The highest BCUT2D eigenvalue weighted by Crippen LogP contribution is 2.20. The van der Waals surface area contributed by atoms with Gasteiger partial charge in [0.15, 0.2) is 0 Å². The molecule has 0 bridgehead atoms. The van der Waals surface area contributed by atoms with Crippen LogP contribution in [0.5, 0.6) is 0 Å². The number of hydrogen-bond donors (Lipinski definition) is 0. The molecule has 0 amide bonds. The number of hydrogen-bond acceptors (Lipinski definition) is 2. The molecule has 0 unspecified atom stereocenters. The van der Waals surface area contributed by atoms with E-state index in [4.69, 9.17) is 0 Å². The van der Waals surface area contributed by atoms with E-state index in [2.05, 4.69) is 30.9 Å². The minimum absolute atomic E-state index is 0.123. The van der Waals surface area contributed by atoms with Crippen molar-refractivity contribution in [1.82, 2.24) is 14.8 Å². The Bertz CT molecular complexity index is 511. The van der Waals surface area contributed by atoms with Gasteiger partial charge in [-0.3, -0.25) is 0 Å². The summed E-state index contributed by atoms with van der Waals surface area (Å²) in [5.41, 5.74) is 0.833. The largest absolute Gasteiger partial charge is 0.220 e. The van der Waals surface area contributed by atoms with Crippen LogP contribution < -0.4 is 0 Å². The first-order valence-corrected chi connectivity index (χ1v) is 5.60. The fourth-order valence-electron chi connectivity index (χ4n) is 1.68. The van der Waals surface area contributed by atoms with E-state index in [-0.39, 0.29) is 11.2 Å². The van der Waals surface area contributed by atoms with Crippen LogP contribution in [-0.2, 0) is 6.42 Å². The summed E-state index contributed by atoms with van der Waals surface area (Å²) in [6.07, 6.45) is 2.30. The lowest BCUT2D eigenvalue weighted by molar-refractivity contribution is 0.396. The summed E-state index contributed by atoms with van der Waals surface area (Å²) in [7, 11) is 0. The van der Waals surface area contributed by atoms with E-state index in [0.717, 1.165) is 12.2 Å². The Balaban J connectivity index is 2.37. The zero-order chi connectivity index (χ0) is 12.5. The Hall–Kier alpha value is -1.71. The maximum Gasteiger partial charge on any atom is 0.138 e. The molecule has 0 aliphatic heterocycles. The van der Waals surface area contributed by atoms with E-state index in [1.54, 1.807) is 10.7 Å². The Morgan fingerprint density at radius 1 is 1.29 bits per heavy atom. The number of rotatable bonds is 2. The van der Waals surface area contributed by atoms with Crippen LogP contribution in [0.1, 0.15) is 26.6 Å². The molecule has 17 heavy (non-hydrogen) atoms. The molecular weight excluding hydrogens is 217 g/mol. The average molecular weight is 233 g/mol. The van der Waals surface area contributed by atoms with Crippen molar-refractivity contribution in [2.45, 2.75) is 27.2 Å². The Morgan fingerprint density at radius 2 is 2.06 bits per heavy atom. The molecule has 0 saturated carbocycles. The normalized spacial score (nSPS) is 11.8. The SMILES string of the molecule is CC(C)(C)Cc1ncnn1-c1cccc(F)c1. The quantitative estimate of drug-likeness (QED) is 0.798. The van der Waals surface area contributed by atoms with Gasteiger partial charge in [-0.1, -0.05) is 26.8 Å². The second-order valence-electron chi connectivity index (χ2n) is 5.31. The Morgan fingerprint density at radius 3 is 2.71 bits per heavy atom. The van der Waals surface area contributed by atoms with Gasteiger partial charge in [-0.25, -0.2) is 14.1 Å². The Kier molecular flexibility index (Phi) is 2.96. The molecule has 0 spiro atoms. The highest BCUT2D eigenvalue weighted by molar-refractivity contribution is 5.31. The third kappa shape index (κ3) is 2.90. The number of nitrogens with zero attached hydrogens (tertiary/aromatic N) is 3. The second kappa shape index (κ2) is 4.28. The van der Waals surface area contributed by atoms with Crippen LogP contribution in [0, 0.1) is 11.2 Å². The van der Waals surface area contributed by atoms with Gasteiger partial charge >= 0.3 is 0 Å². The van der Waals surface area contributed by atoms with Crippen molar-refractivity contribution in [3.63, 3.8) is 0 Å². The van der Waals surface area contributed by atoms with Crippen LogP contribution in [-0.4, -0.2) is 14.8 Å². The lowest BCUT2D eigenvalue weighted by Crippen LogP contribution is -2.14. The molecule has 1 aromatic carbocycles. The molecule has 3 nitrogen and oxygen atoms in total. The fourth-order valence-corrected chi connectivity index (χ4v) is 1.68. The predicted octanol–water partition coefficient (Wildman–Crippen LogP) is 3.00.